The fourth-order valence-corrected chi connectivity index (χ4v) is 11.4. The van der Waals surface area contributed by atoms with Crippen molar-refractivity contribution < 1.29 is 25.9 Å². The third-order valence-corrected chi connectivity index (χ3v) is 11.8. The van der Waals surface area contributed by atoms with Crippen molar-refractivity contribution in [2.45, 2.75) is 62.1 Å². The van der Waals surface area contributed by atoms with Crippen molar-refractivity contribution in [3.05, 3.63) is 44.6 Å². The molecule has 5 atom stereocenters. The first-order valence-corrected chi connectivity index (χ1v) is 13.2. The van der Waals surface area contributed by atoms with Crippen molar-refractivity contribution >= 4 is 5.90 Å². The number of fused-ring (bicyclic) bond motifs is 4. The fraction of sp³-hybridized carbons (Fsp3) is 0.609. The van der Waals surface area contributed by atoms with Gasteiger partial charge in [-0.2, -0.15) is 0 Å². The zero-order chi connectivity index (χ0) is 18.9. The summed E-state index contributed by atoms with van der Waals surface area (Å²) in [6, 6.07) is 0.638. The van der Waals surface area contributed by atoms with Crippen LogP contribution in [0.25, 0.3) is 0 Å². The van der Waals surface area contributed by atoms with Gasteiger partial charge in [0.2, 0.25) is 0 Å². The van der Waals surface area contributed by atoms with Gasteiger partial charge < -0.3 is 0 Å². The van der Waals surface area contributed by atoms with E-state index in [0.717, 1.165) is 5.90 Å². The van der Waals surface area contributed by atoms with Crippen LogP contribution in [0.4, 0.5) is 0 Å². The van der Waals surface area contributed by atoms with Crippen LogP contribution in [0.1, 0.15) is 46.0 Å². The van der Waals surface area contributed by atoms with Crippen LogP contribution in [0.5, 0.6) is 0 Å². The summed E-state index contributed by atoms with van der Waals surface area (Å²) in [5.74, 6) is 1.42. The van der Waals surface area contributed by atoms with Crippen molar-refractivity contribution in [3.8, 4) is 0 Å². The molecule has 0 amide bonds. The van der Waals surface area contributed by atoms with Gasteiger partial charge >= 0.3 is 178 Å². The van der Waals surface area contributed by atoms with Crippen molar-refractivity contribution in [2.24, 2.45) is 16.4 Å². The van der Waals surface area contributed by atoms with Crippen LogP contribution < -0.4 is 26.6 Å². The molecule has 6 rings (SSSR count). The molecule has 0 spiro atoms. The molecule has 6 aliphatic rings. The zero-order valence-corrected chi connectivity index (χ0v) is 18.9. The maximum absolute atomic E-state index is 6.19. The molecule has 4 nitrogen and oxygen atoms in total. The molecule has 0 saturated carbocycles. The molecule has 4 unspecified atom stereocenters. The number of alkyl halides is 1. The number of hydrogen-bond donors (Lipinski definition) is 1. The Balaban J connectivity index is 1.57. The second-order valence-electron chi connectivity index (χ2n) is 9.01. The molecule has 28 heavy (non-hydrogen) atoms. The van der Waals surface area contributed by atoms with Crippen LogP contribution in [0.2, 0.25) is 0 Å². The van der Waals surface area contributed by atoms with Crippen LogP contribution in [-0.2, 0) is 4.74 Å². The number of rotatable bonds is 2. The summed E-state index contributed by atoms with van der Waals surface area (Å²) >= 11 is -0.0501. The summed E-state index contributed by atoms with van der Waals surface area (Å²) in [6.07, 6.45) is 16.1. The van der Waals surface area contributed by atoms with Gasteiger partial charge in [-0.25, -0.2) is 0 Å². The summed E-state index contributed by atoms with van der Waals surface area (Å²) in [5, 5.41) is 4.39. The topological polar surface area (TPSA) is 36.9 Å². The van der Waals surface area contributed by atoms with Gasteiger partial charge in [-0.15, -0.1) is 0 Å². The third-order valence-electron chi connectivity index (χ3n) is 7.67. The molecular formula is C23H29IN3O-. The van der Waals surface area contributed by atoms with E-state index in [9.17, 15) is 0 Å². The number of piperidine rings is 1. The first-order chi connectivity index (χ1) is 13.7. The Kier molecular flexibility index (Phi) is 4.09. The molecule has 0 radical (unpaired) electrons. The summed E-state index contributed by atoms with van der Waals surface area (Å²) in [7, 11) is 0. The quantitative estimate of drug-likeness (QED) is 0.352. The number of allylic oxidation sites excluding steroid dienone is 4. The normalized spacial score (nSPS) is 41.6. The molecule has 5 heterocycles. The van der Waals surface area contributed by atoms with Gasteiger partial charge in [-0.1, -0.05) is 0 Å². The monoisotopic (exact) mass is 490 g/mol. The van der Waals surface area contributed by atoms with Crippen molar-refractivity contribution in [3.63, 3.8) is 0 Å². The Morgan fingerprint density at radius 2 is 2.32 bits per heavy atom. The first-order valence-electron chi connectivity index (χ1n) is 10.9. The van der Waals surface area contributed by atoms with Crippen molar-refractivity contribution in [1.82, 2.24) is 10.3 Å². The van der Waals surface area contributed by atoms with E-state index in [4.69, 9.17) is 4.74 Å². The van der Waals surface area contributed by atoms with E-state index in [1.165, 1.54) is 50.8 Å². The fourth-order valence-electron chi connectivity index (χ4n) is 6.36. The number of ether oxygens (including phenoxy) is 1. The van der Waals surface area contributed by atoms with Crippen LogP contribution >= 0.6 is 0 Å². The van der Waals surface area contributed by atoms with Crippen LogP contribution in [0.15, 0.2) is 49.7 Å². The van der Waals surface area contributed by atoms with Crippen LogP contribution in [0, 0.1) is 11.3 Å². The first kappa shape index (κ1) is 17.8. The molecule has 1 fully saturated rings. The predicted octanol–water partition coefficient (Wildman–Crippen LogP) is 0.698. The Hall–Kier alpha value is -1.08. The Morgan fingerprint density at radius 3 is 3.14 bits per heavy atom. The molecule has 0 aromatic carbocycles. The molecule has 0 aromatic heterocycles. The van der Waals surface area contributed by atoms with Crippen molar-refractivity contribution in [1.29, 1.82) is 0 Å². The number of nitrogens with zero attached hydrogens (tertiary/aromatic N) is 2. The van der Waals surface area contributed by atoms with Gasteiger partial charge in [-0.3, -0.25) is 0 Å². The van der Waals surface area contributed by atoms with Gasteiger partial charge in [0.15, 0.2) is 0 Å². The number of halogens is 1. The van der Waals surface area contributed by atoms with Gasteiger partial charge in [0.25, 0.3) is 0 Å². The Bertz CT molecular complexity index is 869. The zero-order valence-electron chi connectivity index (χ0n) is 16.7. The van der Waals surface area contributed by atoms with E-state index in [2.05, 4.69) is 46.7 Å². The van der Waals surface area contributed by atoms with Gasteiger partial charge in [0.1, 0.15) is 0 Å². The van der Waals surface area contributed by atoms with Crippen LogP contribution in [0.3, 0.4) is 0 Å². The average molecular weight is 490 g/mol. The summed E-state index contributed by atoms with van der Waals surface area (Å²) in [5.41, 5.74) is 8.54. The molecular weight excluding hydrogens is 461 g/mol. The third kappa shape index (κ3) is 2.41. The predicted molar refractivity (Wildman–Crippen MR) is 107 cm³/mol. The molecule has 0 aromatic rings. The second-order valence-corrected chi connectivity index (χ2v) is 12.1. The van der Waals surface area contributed by atoms with E-state index < -0.39 is 0 Å². The summed E-state index contributed by atoms with van der Waals surface area (Å²) in [4.78, 5) is 2.84. The minimum atomic E-state index is -0.0574. The maximum atomic E-state index is 6.19. The second kappa shape index (κ2) is 6.46. The molecule has 5 heteroatoms. The molecule has 2 bridgehead atoms. The SMILES string of the molecule is CC[C@@]12C=C(C3NN=C(C)O3)C3[I-]C4=C(CCN(CCC1)C42)C1=CC=CCC13. The molecule has 1 N–H and O–H groups in total. The van der Waals surface area contributed by atoms with Gasteiger partial charge in [0.05, 0.1) is 0 Å². The van der Waals surface area contributed by atoms with E-state index in [-0.39, 0.29) is 32.8 Å². The molecule has 5 aliphatic heterocycles. The Labute approximate surface area is 178 Å². The molecule has 1 aliphatic carbocycles. The van der Waals surface area contributed by atoms with E-state index in [0.29, 0.717) is 15.9 Å². The van der Waals surface area contributed by atoms with Gasteiger partial charge in [0, 0.05) is 0 Å². The minimum absolute atomic E-state index is 0.0501. The average Bonchev–Trinajstić information content (AvgIpc) is 3.11. The number of hydrazone groups is 1. The molecule has 1 saturated heterocycles. The van der Waals surface area contributed by atoms with E-state index in [1.807, 2.05) is 10.5 Å². The van der Waals surface area contributed by atoms with E-state index in [1.54, 1.807) is 11.1 Å². The van der Waals surface area contributed by atoms with E-state index >= 15 is 0 Å². The van der Waals surface area contributed by atoms with Crippen molar-refractivity contribution in [2.75, 3.05) is 13.1 Å². The Morgan fingerprint density at radius 1 is 1.39 bits per heavy atom. The summed E-state index contributed by atoms with van der Waals surface area (Å²) < 4.78 is 8.70. The number of hydrogen-bond acceptors (Lipinski definition) is 4. The summed E-state index contributed by atoms with van der Waals surface area (Å²) in [6.45, 7) is 6.91. The standard InChI is InChI=1S/C23H29IN3O/c1-3-23-10-6-11-27-12-9-17-15-7-4-5-8-16(15)19(24-20(17)21(23)27)18(13-23)22-26-25-14(2)28-22/h4-5,7,13,16,19,21-22,26H,3,6,8-12H2,1-2H3/q-1/t16?,19?,21?,22?,23-/m0/s1. The molecule has 150 valence electrons. The number of nitrogens with one attached hydrogen (secondary N) is 1. The van der Waals surface area contributed by atoms with Crippen LogP contribution in [-0.4, -0.2) is 40.1 Å². The van der Waals surface area contributed by atoms with Gasteiger partial charge in [-0.05, 0) is 0 Å².